The van der Waals surface area contributed by atoms with Crippen molar-refractivity contribution in [3.63, 3.8) is 0 Å². The van der Waals surface area contributed by atoms with Gasteiger partial charge in [-0.15, -0.1) is 11.6 Å². The van der Waals surface area contributed by atoms with E-state index in [1.165, 1.54) is 0 Å². The fourth-order valence-corrected chi connectivity index (χ4v) is 0.998. The van der Waals surface area contributed by atoms with Crippen LogP contribution in [0.25, 0.3) is 0 Å². The fourth-order valence-electron chi connectivity index (χ4n) is 0.938. The summed E-state index contributed by atoms with van der Waals surface area (Å²) < 4.78 is 0. The summed E-state index contributed by atoms with van der Waals surface area (Å²) in [6.07, 6.45) is 0. The van der Waals surface area contributed by atoms with Crippen LogP contribution in [0.5, 0.6) is 0 Å². The molecule has 0 aromatic heterocycles. The number of halogens is 1. The normalized spacial score (nSPS) is 11.7. The average Bonchev–Trinajstić information content (AvgIpc) is 2.18. The van der Waals surface area contributed by atoms with Gasteiger partial charge in [-0.2, -0.15) is 0 Å². The van der Waals surface area contributed by atoms with Gasteiger partial charge in [0, 0.05) is 5.56 Å². The number of nitrogens with zero attached hydrogens (tertiary/aromatic N) is 1. The summed E-state index contributed by atoms with van der Waals surface area (Å²) in [4.78, 5) is 4.05. The zero-order valence-corrected chi connectivity index (χ0v) is 7.83. The number of aliphatic hydroxyl groups excluding tert-OH is 1. The van der Waals surface area contributed by atoms with E-state index in [2.05, 4.69) is 4.99 Å². The van der Waals surface area contributed by atoms with E-state index < -0.39 is 0 Å². The Morgan fingerprint density at radius 1 is 1.46 bits per heavy atom. The monoisotopic (exact) mass is 198 g/mol. The molecule has 1 rings (SSSR count). The van der Waals surface area contributed by atoms with E-state index in [1.54, 1.807) is 12.1 Å². The van der Waals surface area contributed by atoms with Gasteiger partial charge in [-0.1, -0.05) is 18.2 Å². The summed E-state index contributed by atoms with van der Waals surface area (Å²) in [6.45, 7) is -0.0464. The van der Waals surface area contributed by atoms with Crippen LogP contribution in [0.2, 0.25) is 0 Å². The minimum absolute atomic E-state index is 0.0464. The van der Waals surface area contributed by atoms with Crippen molar-refractivity contribution in [1.82, 2.24) is 0 Å². The van der Waals surface area contributed by atoms with Crippen LogP contribution < -0.4 is 5.73 Å². The van der Waals surface area contributed by atoms with E-state index in [0.717, 1.165) is 5.56 Å². The summed E-state index contributed by atoms with van der Waals surface area (Å²) >= 11 is 5.48. The molecule has 0 bridgehead atoms. The summed E-state index contributed by atoms with van der Waals surface area (Å²) in [7, 11) is 0. The van der Waals surface area contributed by atoms with Crippen molar-refractivity contribution in [1.29, 1.82) is 0 Å². The number of alkyl halides is 1. The average molecular weight is 199 g/mol. The smallest absolute Gasteiger partial charge is 0.115 e. The molecule has 4 heteroatoms. The highest BCUT2D eigenvalue weighted by Crippen LogP contribution is 2.18. The van der Waals surface area contributed by atoms with E-state index in [-0.39, 0.29) is 12.5 Å². The molecule has 0 aliphatic heterocycles. The number of hydrogen-bond donors (Lipinski definition) is 2. The largest absolute Gasteiger partial charge is 0.392 e. The maximum Gasteiger partial charge on any atom is 0.115 e. The molecule has 70 valence electrons. The highest BCUT2D eigenvalue weighted by atomic mass is 35.5. The van der Waals surface area contributed by atoms with Gasteiger partial charge in [-0.25, -0.2) is 4.99 Å². The van der Waals surface area contributed by atoms with Crippen LogP contribution >= 0.6 is 11.6 Å². The lowest BCUT2D eigenvalue weighted by molar-refractivity contribution is 0.282. The van der Waals surface area contributed by atoms with Gasteiger partial charge in [0.05, 0.1) is 18.2 Å². The van der Waals surface area contributed by atoms with Crippen LogP contribution in [-0.4, -0.2) is 16.8 Å². The maximum atomic E-state index is 8.96. The molecule has 0 unspecified atom stereocenters. The number of aliphatic imine (C=N–C) groups is 1. The van der Waals surface area contributed by atoms with Crippen molar-refractivity contribution in [2.24, 2.45) is 10.7 Å². The Balaban J connectivity index is 2.99. The van der Waals surface area contributed by atoms with Crippen LogP contribution in [0.3, 0.4) is 0 Å². The zero-order chi connectivity index (χ0) is 9.68. The van der Waals surface area contributed by atoms with E-state index in [4.69, 9.17) is 22.4 Å². The molecule has 1 aromatic rings. The first-order valence-electron chi connectivity index (χ1n) is 3.85. The van der Waals surface area contributed by atoms with Crippen molar-refractivity contribution in [3.8, 4) is 0 Å². The molecule has 3 N–H and O–H groups in total. The molecular formula is C9H11ClN2O. The molecule has 13 heavy (non-hydrogen) atoms. The Morgan fingerprint density at radius 3 is 2.77 bits per heavy atom. The Kier molecular flexibility index (Phi) is 3.73. The molecule has 0 aliphatic rings. The Hall–Kier alpha value is -1.06. The number of benzene rings is 1. The third-order valence-corrected chi connectivity index (χ3v) is 1.84. The van der Waals surface area contributed by atoms with Gasteiger partial charge in [0.25, 0.3) is 0 Å². The summed E-state index contributed by atoms with van der Waals surface area (Å²) in [5, 5.41) is 8.96. The predicted octanol–water partition coefficient (Wildman–Crippen LogP) is 1.41. The van der Waals surface area contributed by atoms with Crippen molar-refractivity contribution in [2.75, 3.05) is 5.88 Å². The lowest BCUT2D eigenvalue weighted by atomic mass is 10.2. The third-order valence-electron chi connectivity index (χ3n) is 1.56. The molecule has 0 aliphatic carbocycles. The zero-order valence-electron chi connectivity index (χ0n) is 7.07. The van der Waals surface area contributed by atoms with Crippen molar-refractivity contribution in [2.45, 2.75) is 6.61 Å². The highest BCUT2D eigenvalue weighted by molar-refractivity contribution is 6.28. The number of amidine groups is 1. The van der Waals surface area contributed by atoms with E-state index in [1.807, 2.05) is 12.1 Å². The molecule has 0 atom stereocenters. The molecular weight excluding hydrogens is 188 g/mol. The lowest BCUT2D eigenvalue weighted by Gasteiger charge is -2.01. The standard InChI is InChI=1S/C9H11ClN2O/c10-5-9(11)12-8-4-2-1-3-7(8)6-13/h1-4,13H,5-6H2,(H2,11,12). The van der Waals surface area contributed by atoms with Gasteiger partial charge in [0.1, 0.15) is 5.84 Å². The SMILES string of the molecule is NC(CCl)=Nc1ccccc1CO. The second kappa shape index (κ2) is 4.84. The summed E-state index contributed by atoms with van der Waals surface area (Å²) in [6, 6.07) is 7.24. The van der Waals surface area contributed by atoms with Gasteiger partial charge in [-0.3, -0.25) is 0 Å². The van der Waals surface area contributed by atoms with E-state index >= 15 is 0 Å². The van der Waals surface area contributed by atoms with Crippen molar-refractivity contribution < 1.29 is 5.11 Å². The Labute approximate surface area is 81.9 Å². The first-order chi connectivity index (χ1) is 6.27. The number of para-hydroxylation sites is 1. The minimum Gasteiger partial charge on any atom is -0.392 e. The van der Waals surface area contributed by atoms with Crippen LogP contribution in [0, 0.1) is 0 Å². The molecule has 0 saturated heterocycles. The minimum atomic E-state index is -0.0464. The van der Waals surface area contributed by atoms with Crippen LogP contribution in [0.1, 0.15) is 5.56 Å². The molecule has 0 saturated carbocycles. The number of rotatable bonds is 3. The van der Waals surface area contributed by atoms with Crippen LogP contribution in [0.15, 0.2) is 29.3 Å². The summed E-state index contributed by atoms with van der Waals surface area (Å²) in [5.74, 6) is 0.544. The fraction of sp³-hybridized carbons (Fsp3) is 0.222. The van der Waals surface area contributed by atoms with Gasteiger partial charge in [0.15, 0.2) is 0 Å². The molecule has 1 aromatic carbocycles. The van der Waals surface area contributed by atoms with Gasteiger partial charge in [-0.05, 0) is 6.07 Å². The number of nitrogens with two attached hydrogens (primary N) is 1. The first-order valence-corrected chi connectivity index (χ1v) is 4.39. The quantitative estimate of drug-likeness (QED) is 0.438. The molecule has 0 spiro atoms. The van der Waals surface area contributed by atoms with Gasteiger partial charge >= 0.3 is 0 Å². The van der Waals surface area contributed by atoms with E-state index in [0.29, 0.717) is 11.5 Å². The second-order valence-corrected chi connectivity index (χ2v) is 2.79. The lowest BCUT2D eigenvalue weighted by Crippen LogP contribution is -2.12. The van der Waals surface area contributed by atoms with Crippen LogP contribution in [-0.2, 0) is 6.61 Å². The topological polar surface area (TPSA) is 58.6 Å². The Morgan fingerprint density at radius 2 is 2.15 bits per heavy atom. The first kappa shape index (κ1) is 10.0. The van der Waals surface area contributed by atoms with Crippen LogP contribution in [0.4, 0.5) is 5.69 Å². The molecule has 3 nitrogen and oxygen atoms in total. The van der Waals surface area contributed by atoms with Crippen molar-refractivity contribution in [3.05, 3.63) is 29.8 Å². The molecule has 0 radical (unpaired) electrons. The van der Waals surface area contributed by atoms with Crippen molar-refractivity contribution >= 4 is 23.1 Å². The maximum absolute atomic E-state index is 8.96. The van der Waals surface area contributed by atoms with E-state index in [9.17, 15) is 0 Å². The molecule has 0 fully saturated rings. The number of hydrogen-bond acceptors (Lipinski definition) is 2. The highest BCUT2D eigenvalue weighted by Gasteiger charge is 1.98. The third kappa shape index (κ3) is 2.72. The number of aliphatic hydroxyl groups is 1. The van der Waals surface area contributed by atoms with Gasteiger partial charge in [0.2, 0.25) is 0 Å². The molecule has 0 heterocycles. The van der Waals surface area contributed by atoms with Gasteiger partial charge < -0.3 is 10.8 Å². The summed E-state index contributed by atoms with van der Waals surface area (Å²) in [5.41, 5.74) is 6.88. The predicted molar refractivity (Wildman–Crippen MR) is 54.4 cm³/mol. The second-order valence-electron chi connectivity index (χ2n) is 2.52. The molecule has 0 amide bonds. The Bertz CT molecular complexity index is 312.